The molecule has 0 fully saturated rings. The number of carbonyl (C=O) groups is 1. The van der Waals surface area contributed by atoms with E-state index in [1.165, 1.54) is 24.3 Å². The summed E-state index contributed by atoms with van der Waals surface area (Å²) in [5.74, 6) is -1.37. The highest BCUT2D eigenvalue weighted by Gasteiger charge is 2.25. The predicted molar refractivity (Wildman–Crippen MR) is 68.7 cm³/mol. The number of rotatable bonds is 7. The molecule has 96 valence electrons. The Labute approximate surface area is 106 Å². The predicted octanol–water partition coefficient (Wildman–Crippen LogP) is 2.63. The zero-order valence-electron chi connectivity index (χ0n) is 10.1. The van der Waals surface area contributed by atoms with Crippen LogP contribution in [0.15, 0.2) is 49.6 Å². The Morgan fingerprint density at radius 3 is 2.17 bits per heavy atom. The van der Waals surface area contributed by atoms with Gasteiger partial charge in [-0.05, 0) is 17.7 Å². The first-order valence-corrected chi connectivity index (χ1v) is 5.54. The van der Waals surface area contributed by atoms with Crippen molar-refractivity contribution in [1.82, 2.24) is 4.90 Å². The van der Waals surface area contributed by atoms with Gasteiger partial charge in [0.25, 0.3) is 0 Å². The monoisotopic (exact) mass is 249 g/mol. The second-order valence-corrected chi connectivity index (χ2v) is 3.82. The van der Waals surface area contributed by atoms with E-state index in [2.05, 4.69) is 13.2 Å². The third-order valence-corrected chi connectivity index (χ3v) is 2.51. The van der Waals surface area contributed by atoms with E-state index in [1.807, 2.05) is 0 Å². The summed E-state index contributed by atoms with van der Waals surface area (Å²) in [7, 11) is 0. The second-order valence-electron chi connectivity index (χ2n) is 3.82. The van der Waals surface area contributed by atoms with E-state index in [9.17, 15) is 14.3 Å². The fourth-order valence-electron chi connectivity index (χ4n) is 1.77. The third kappa shape index (κ3) is 3.53. The molecule has 0 aliphatic carbocycles. The second kappa shape index (κ2) is 6.71. The van der Waals surface area contributed by atoms with Crippen LogP contribution in [0.2, 0.25) is 0 Å². The van der Waals surface area contributed by atoms with Crippen LogP contribution in [0.3, 0.4) is 0 Å². The molecule has 3 nitrogen and oxygen atoms in total. The van der Waals surface area contributed by atoms with Crippen molar-refractivity contribution in [1.29, 1.82) is 0 Å². The Balaban J connectivity index is 3.06. The normalized spacial score (nSPS) is 12.1. The number of hydrogen-bond acceptors (Lipinski definition) is 2. The standard InChI is InChI=1S/C14H16FNO2/c1-3-9-16(10-4-2)13(14(17)18)11-5-7-12(15)8-6-11/h3-8,13H,1-2,9-10H2,(H,17,18). The van der Waals surface area contributed by atoms with Crippen LogP contribution in [0, 0.1) is 5.82 Å². The zero-order valence-corrected chi connectivity index (χ0v) is 10.1. The quantitative estimate of drug-likeness (QED) is 0.755. The summed E-state index contributed by atoms with van der Waals surface area (Å²) in [5.41, 5.74) is 0.535. The van der Waals surface area contributed by atoms with E-state index in [4.69, 9.17) is 0 Å². The lowest BCUT2D eigenvalue weighted by molar-refractivity contribution is -0.143. The average Bonchev–Trinajstić information content (AvgIpc) is 2.32. The SMILES string of the molecule is C=CCN(CC=C)C(C(=O)O)c1ccc(F)cc1. The molecule has 1 atom stereocenters. The summed E-state index contributed by atoms with van der Waals surface area (Å²) in [6, 6.07) is 4.64. The van der Waals surface area contributed by atoms with E-state index in [1.54, 1.807) is 17.1 Å². The molecule has 0 aliphatic heterocycles. The summed E-state index contributed by atoms with van der Waals surface area (Å²) in [6.45, 7) is 8.04. The smallest absolute Gasteiger partial charge is 0.325 e. The van der Waals surface area contributed by atoms with Crippen molar-refractivity contribution in [3.05, 3.63) is 61.0 Å². The van der Waals surface area contributed by atoms with Crippen LogP contribution in [-0.4, -0.2) is 29.1 Å². The minimum atomic E-state index is -0.981. The molecule has 18 heavy (non-hydrogen) atoms. The van der Waals surface area contributed by atoms with E-state index < -0.39 is 12.0 Å². The fraction of sp³-hybridized carbons (Fsp3) is 0.214. The molecule has 0 aromatic heterocycles. The Morgan fingerprint density at radius 1 is 1.28 bits per heavy atom. The van der Waals surface area contributed by atoms with Crippen LogP contribution in [0.1, 0.15) is 11.6 Å². The lowest BCUT2D eigenvalue weighted by Crippen LogP contribution is -2.34. The average molecular weight is 249 g/mol. The summed E-state index contributed by atoms with van der Waals surface area (Å²) in [6.07, 6.45) is 3.26. The highest BCUT2D eigenvalue weighted by molar-refractivity contribution is 5.75. The first-order chi connectivity index (χ1) is 8.60. The summed E-state index contributed by atoms with van der Waals surface area (Å²) >= 11 is 0. The Kier molecular flexibility index (Phi) is 5.27. The maximum absolute atomic E-state index is 12.9. The van der Waals surface area contributed by atoms with E-state index >= 15 is 0 Å². The van der Waals surface area contributed by atoms with Crippen molar-refractivity contribution in [3.63, 3.8) is 0 Å². The summed E-state index contributed by atoms with van der Waals surface area (Å²) in [4.78, 5) is 13.1. The molecule has 0 aliphatic rings. The van der Waals surface area contributed by atoms with Crippen LogP contribution >= 0.6 is 0 Å². The maximum Gasteiger partial charge on any atom is 0.325 e. The first-order valence-electron chi connectivity index (χ1n) is 5.54. The van der Waals surface area contributed by atoms with Gasteiger partial charge in [-0.3, -0.25) is 9.69 Å². The Hall–Kier alpha value is -1.94. The van der Waals surface area contributed by atoms with Crippen molar-refractivity contribution in [2.45, 2.75) is 6.04 Å². The van der Waals surface area contributed by atoms with E-state index in [0.29, 0.717) is 18.7 Å². The molecule has 1 unspecified atom stereocenters. The third-order valence-electron chi connectivity index (χ3n) is 2.51. The van der Waals surface area contributed by atoms with Crippen LogP contribution < -0.4 is 0 Å². The number of nitrogens with zero attached hydrogens (tertiary/aromatic N) is 1. The molecule has 1 N–H and O–H groups in total. The molecule has 0 radical (unpaired) electrons. The van der Waals surface area contributed by atoms with Gasteiger partial charge in [0.05, 0.1) is 0 Å². The number of carboxylic acid groups (broad SMARTS) is 1. The van der Waals surface area contributed by atoms with Gasteiger partial charge in [0.2, 0.25) is 0 Å². The Morgan fingerprint density at radius 2 is 1.78 bits per heavy atom. The largest absolute Gasteiger partial charge is 0.480 e. The van der Waals surface area contributed by atoms with E-state index in [-0.39, 0.29) is 5.82 Å². The minimum absolute atomic E-state index is 0.387. The van der Waals surface area contributed by atoms with Gasteiger partial charge in [0.15, 0.2) is 0 Å². The molecule has 1 aromatic carbocycles. The van der Waals surface area contributed by atoms with Gasteiger partial charge in [0, 0.05) is 13.1 Å². The van der Waals surface area contributed by atoms with Gasteiger partial charge in [0.1, 0.15) is 11.9 Å². The van der Waals surface area contributed by atoms with Crippen LogP contribution in [-0.2, 0) is 4.79 Å². The highest BCUT2D eigenvalue weighted by atomic mass is 19.1. The zero-order chi connectivity index (χ0) is 13.5. The summed E-state index contributed by atoms with van der Waals surface area (Å²) < 4.78 is 12.9. The topological polar surface area (TPSA) is 40.5 Å². The van der Waals surface area contributed by atoms with Gasteiger partial charge in [-0.1, -0.05) is 24.3 Å². The molecular weight excluding hydrogens is 233 g/mol. The lowest BCUT2D eigenvalue weighted by Gasteiger charge is -2.26. The van der Waals surface area contributed by atoms with Crippen molar-refractivity contribution >= 4 is 5.97 Å². The number of aliphatic carboxylic acids is 1. The van der Waals surface area contributed by atoms with Gasteiger partial charge in [-0.2, -0.15) is 0 Å². The van der Waals surface area contributed by atoms with Crippen molar-refractivity contribution < 1.29 is 14.3 Å². The molecular formula is C14H16FNO2. The van der Waals surface area contributed by atoms with Gasteiger partial charge < -0.3 is 5.11 Å². The lowest BCUT2D eigenvalue weighted by atomic mass is 10.1. The maximum atomic E-state index is 12.9. The molecule has 0 saturated carbocycles. The van der Waals surface area contributed by atoms with Crippen molar-refractivity contribution in [2.75, 3.05) is 13.1 Å². The number of hydrogen-bond donors (Lipinski definition) is 1. The highest BCUT2D eigenvalue weighted by Crippen LogP contribution is 2.21. The van der Waals surface area contributed by atoms with Gasteiger partial charge >= 0.3 is 5.97 Å². The summed E-state index contributed by atoms with van der Waals surface area (Å²) in [5, 5.41) is 9.32. The molecule has 0 amide bonds. The molecule has 1 rings (SSSR count). The van der Waals surface area contributed by atoms with Crippen molar-refractivity contribution in [3.8, 4) is 0 Å². The number of halogens is 1. The van der Waals surface area contributed by atoms with Crippen molar-refractivity contribution in [2.24, 2.45) is 0 Å². The van der Waals surface area contributed by atoms with Gasteiger partial charge in [-0.15, -0.1) is 13.2 Å². The fourth-order valence-corrected chi connectivity index (χ4v) is 1.77. The van der Waals surface area contributed by atoms with E-state index in [0.717, 1.165) is 0 Å². The van der Waals surface area contributed by atoms with Crippen LogP contribution in [0.4, 0.5) is 4.39 Å². The number of benzene rings is 1. The Bertz CT molecular complexity index is 418. The molecule has 0 saturated heterocycles. The molecule has 0 spiro atoms. The van der Waals surface area contributed by atoms with Crippen LogP contribution in [0.5, 0.6) is 0 Å². The minimum Gasteiger partial charge on any atom is -0.480 e. The molecule has 4 heteroatoms. The first kappa shape index (κ1) is 14.1. The molecule has 1 aromatic rings. The van der Waals surface area contributed by atoms with Crippen LogP contribution in [0.25, 0.3) is 0 Å². The molecule has 0 heterocycles. The molecule has 0 bridgehead atoms. The number of carboxylic acids is 1. The van der Waals surface area contributed by atoms with Gasteiger partial charge in [-0.25, -0.2) is 4.39 Å².